The summed E-state index contributed by atoms with van der Waals surface area (Å²) in [4.78, 5) is 0. The number of aryl methyl sites for hydroxylation is 1. The molecule has 0 aromatic heterocycles. The van der Waals surface area contributed by atoms with E-state index in [2.05, 4.69) is 63.0 Å². The molecular weight excluding hydrogens is 414 g/mol. The van der Waals surface area contributed by atoms with Gasteiger partial charge in [0, 0.05) is 16.6 Å². The Morgan fingerprint density at radius 2 is 1.96 bits per heavy atom. The number of ether oxygens (including phenoxy) is 2. The summed E-state index contributed by atoms with van der Waals surface area (Å²) in [6.07, 6.45) is 1.67. The zero-order chi connectivity index (χ0) is 18.9. The van der Waals surface area contributed by atoms with Gasteiger partial charge in [-0.15, -0.1) is 0 Å². The van der Waals surface area contributed by atoms with Crippen LogP contribution in [0.25, 0.3) is 0 Å². The quantitative estimate of drug-likeness (QED) is 0.388. The summed E-state index contributed by atoms with van der Waals surface area (Å²) < 4.78 is 12.2. The van der Waals surface area contributed by atoms with E-state index >= 15 is 0 Å². The summed E-state index contributed by atoms with van der Waals surface area (Å²) in [5.41, 5.74) is 5.92. The molecule has 138 valence electrons. The SMILES string of the molecule is CCNC(=S)N/N=C\c1cc(OC)c(OCc2ccc(C)cc2)cc1Br. The van der Waals surface area contributed by atoms with Gasteiger partial charge in [0.1, 0.15) is 6.61 Å². The fraction of sp³-hybridized carbons (Fsp3) is 0.263. The first-order chi connectivity index (χ1) is 12.5. The zero-order valence-electron chi connectivity index (χ0n) is 15.0. The third kappa shape index (κ3) is 6.00. The Balaban J connectivity index is 2.08. The van der Waals surface area contributed by atoms with E-state index in [0.717, 1.165) is 22.1 Å². The first-order valence-corrected chi connectivity index (χ1v) is 9.36. The van der Waals surface area contributed by atoms with Gasteiger partial charge in [-0.05, 0) is 59.7 Å². The van der Waals surface area contributed by atoms with Gasteiger partial charge in [0.05, 0.1) is 13.3 Å². The van der Waals surface area contributed by atoms with Gasteiger partial charge < -0.3 is 14.8 Å². The van der Waals surface area contributed by atoms with Gasteiger partial charge in [-0.1, -0.05) is 29.8 Å². The molecular formula is C19H22BrN3O2S. The van der Waals surface area contributed by atoms with Gasteiger partial charge >= 0.3 is 0 Å². The minimum absolute atomic E-state index is 0.467. The first-order valence-electron chi connectivity index (χ1n) is 8.16. The van der Waals surface area contributed by atoms with E-state index < -0.39 is 0 Å². The molecule has 2 N–H and O–H groups in total. The van der Waals surface area contributed by atoms with Crippen LogP contribution in [0.1, 0.15) is 23.6 Å². The van der Waals surface area contributed by atoms with Gasteiger partial charge in [-0.2, -0.15) is 5.10 Å². The Morgan fingerprint density at radius 1 is 1.23 bits per heavy atom. The van der Waals surface area contributed by atoms with Crippen LogP contribution in [0, 0.1) is 6.92 Å². The molecule has 0 saturated heterocycles. The molecule has 0 unspecified atom stereocenters. The Hall–Kier alpha value is -2.12. The topological polar surface area (TPSA) is 54.9 Å². The van der Waals surface area contributed by atoms with Crippen LogP contribution in [0.5, 0.6) is 11.5 Å². The summed E-state index contributed by atoms with van der Waals surface area (Å²) >= 11 is 8.61. The predicted molar refractivity (Wildman–Crippen MR) is 113 cm³/mol. The average molecular weight is 436 g/mol. The van der Waals surface area contributed by atoms with Gasteiger partial charge in [0.2, 0.25) is 0 Å². The highest BCUT2D eigenvalue weighted by Gasteiger charge is 2.10. The molecule has 26 heavy (non-hydrogen) atoms. The lowest BCUT2D eigenvalue weighted by Crippen LogP contribution is -2.31. The molecule has 7 heteroatoms. The third-order valence-corrected chi connectivity index (χ3v) is 4.43. The number of benzene rings is 2. The van der Waals surface area contributed by atoms with Crippen molar-refractivity contribution in [1.29, 1.82) is 0 Å². The van der Waals surface area contributed by atoms with Crippen molar-refractivity contribution in [2.75, 3.05) is 13.7 Å². The number of hydrazone groups is 1. The van der Waals surface area contributed by atoms with E-state index in [9.17, 15) is 0 Å². The highest BCUT2D eigenvalue weighted by atomic mass is 79.9. The highest BCUT2D eigenvalue weighted by Crippen LogP contribution is 2.33. The summed E-state index contributed by atoms with van der Waals surface area (Å²) in [5.74, 6) is 1.30. The lowest BCUT2D eigenvalue weighted by atomic mass is 10.2. The number of nitrogens with zero attached hydrogens (tertiary/aromatic N) is 1. The molecule has 0 aliphatic heterocycles. The Kier molecular flexibility index (Phi) is 7.87. The molecule has 5 nitrogen and oxygen atoms in total. The zero-order valence-corrected chi connectivity index (χ0v) is 17.4. The van der Waals surface area contributed by atoms with Gasteiger partial charge in [-0.3, -0.25) is 5.43 Å². The normalized spacial score (nSPS) is 10.6. The third-order valence-electron chi connectivity index (χ3n) is 3.50. The maximum absolute atomic E-state index is 5.92. The van der Waals surface area contributed by atoms with Crippen LogP contribution in [0.15, 0.2) is 46.0 Å². The van der Waals surface area contributed by atoms with E-state index in [1.165, 1.54) is 5.56 Å². The van der Waals surface area contributed by atoms with Crippen LogP contribution < -0.4 is 20.2 Å². The molecule has 2 aromatic rings. The Morgan fingerprint density at radius 3 is 2.62 bits per heavy atom. The minimum atomic E-state index is 0.467. The molecule has 0 spiro atoms. The Bertz CT molecular complexity index is 779. The molecule has 2 rings (SSSR count). The van der Waals surface area contributed by atoms with Gasteiger partial charge in [-0.25, -0.2) is 0 Å². The summed E-state index contributed by atoms with van der Waals surface area (Å²) in [6, 6.07) is 12.0. The van der Waals surface area contributed by atoms with Crippen molar-refractivity contribution < 1.29 is 9.47 Å². The molecule has 0 atom stereocenters. The molecule has 0 aliphatic carbocycles. The summed E-state index contributed by atoms with van der Waals surface area (Å²) in [7, 11) is 1.61. The minimum Gasteiger partial charge on any atom is -0.493 e. The number of thiocarbonyl (C=S) groups is 1. The number of methoxy groups -OCH3 is 1. The number of halogens is 1. The second kappa shape index (κ2) is 10.1. The number of hydrogen-bond acceptors (Lipinski definition) is 4. The van der Waals surface area contributed by atoms with Crippen LogP contribution in [-0.2, 0) is 6.61 Å². The molecule has 0 fully saturated rings. The average Bonchev–Trinajstić information content (AvgIpc) is 2.63. The maximum atomic E-state index is 5.92. The van der Waals surface area contributed by atoms with Gasteiger partial charge in [0.25, 0.3) is 0 Å². The number of nitrogens with one attached hydrogen (secondary N) is 2. The second-order valence-electron chi connectivity index (χ2n) is 5.53. The molecule has 0 heterocycles. The maximum Gasteiger partial charge on any atom is 0.186 e. The van der Waals surface area contributed by atoms with Crippen LogP contribution in [0.4, 0.5) is 0 Å². The van der Waals surface area contributed by atoms with Crippen molar-refractivity contribution in [3.63, 3.8) is 0 Å². The van der Waals surface area contributed by atoms with E-state index in [4.69, 9.17) is 21.7 Å². The summed E-state index contributed by atoms with van der Waals surface area (Å²) in [6.45, 7) is 5.24. The molecule has 0 aliphatic rings. The molecule has 0 saturated carbocycles. The molecule has 0 bridgehead atoms. The van der Waals surface area contributed by atoms with Crippen molar-refractivity contribution in [2.45, 2.75) is 20.5 Å². The van der Waals surface area contributed by atoms with Crippen molar-refractivity contribution in [1.82, 2.24) is 10.7 Å². The predicted octanol–water partition coefficient (Wildman–Crippen LogP) is 4.16. The lowest BCUT2D eigenvalue weighted by Gasteiger charge is -2.13. The standard InChI is InChI=1S/C19H22BrN3O2S/c1-4-21-19(26)23-22-11-15-9-17(24-3)18(10-16(15)20)25-12-14-7-5-13(2)6-8-14/h5-11H,4,12H2,1-3H3,(H2,21,23,26)/b22-11-. The largest absolute Gasteiger partial charge is 0.493 e. The fourth-order valence-electron chi connectivity index (χ4n) is 2.13. The van der Waals surface area contributed by atoms with Gasteiger partial charge in [0.15, 0.2) is 16.6 Å². The van der Waals surface area contributed by atoms with Crippen molar-refractivity contribution in [2.24, 2.45) is 5.10 Å². The van der Waals surface area contributed by atoms with Crippen LogP contribution in [-0.4, -0.2) is 25.0 Å². The van der Waals surface area contributed by atoms with Crippen molar-refractivity contribution in [3.8, 4) is 11.5 Å². The van der Waals surface area contributed by atoms with Crippen molar-refractivity contribution >= 4 is 39.5 Å². The Labute approximate surface area is 167 Å². The second-order valence-corrected chi connectivity index (χ2v) is 6.79. The van der Waals surface area contributed by atoms with E-state index in [1.807, 2.05) is 19.1 Å². The molecule has 0 radical (unpaired) electrons. The van der Waals surface area contributed by atoms with Crippen LogP contribution in [0.2, 0.25) is 0 Å². The highest BCUT2D eigenvalue weighted by molar-refractivity contribution is 9.10. The molecule has 0 amide bonds. The van der Waals surface area contributed by atoms with E-state index in [0.29, 0.717) is 23.2 Å². The number of rotatable bonds is 7. The number of hydrogen-bond donors (Lipinski definition) is 2. The monoisotopic (exact) mass is 435 g/mol. The smallest absolute Gasteiger partial charge is 0.186 e. The lowest BCUT2D eigenvalue weighted by molar-refractivity contribution is 0.284. The molecule has 2 aromatic carbocycles. The van der Waals surface area contributed by atoms with Crippen LogP contribution >= 0.6 is 28.1 Å². The first kappa shape index (κ1) is 20.2. The van der Waals surface area contributed by atoms with Crippen molar-refractivity contribution in [3.05, 3.63) is 57.6 Å². The summed E-state index contributed by atoms with van der Waals surface area (Å²) in [5, 5.41) is 7.56. The van der Waals surface area contributed by atoms with E-state index in [-0.39, 0.29) is 0 Å². The van der Waals surface area contributed by atoms with E-state index in [1.54, 1.807) is 13.3 Å². The van der Waals surface area contributed by atoms with Crippen LogP contribution in [0.3, 0.4) is 0 Å². The fourth-order valence-corrected chi connectivity index (χ4v) is 2.75.